The number of carbonyl (C=O) groups excluding carboxylic acids is 3. The van der Waals surface area contributed by atoms with Gasteiger partial charge in [0.15, 0.2) is 0 Å². The van der Waals surface area contributed by atoms with Crippen LogP contribution in [0.1, 0.15) is 39.9 Å². The number of nitrogens with zero attached hydrogens (tertiary/aromatic N) is 1. The fraction of sp³-hybridized carbons (Fsp3) is 0.500. The van der Waals surface area contributed by atoms with Gasteiger partial charge in [0.05, 0.1) is 0 Å². The normalized spacial score (nSPS) is 27.1. The summed E-state index contributed by atoms with van der Waals surface area (Å²) in [6.07, 6.45) is 2.82. The van der Waals surface area contributed by atoms with Gasteiger partial charge in [0.1, 0.15) is 6.04 Å². The van der Waals surface area contributed by atoms with E-state index in [0.717, 1.165) is 37.1 Å². The predicted molar refractivity (Wildman–Crippen MR) is 85.2 cm³/mol. The quantitative estimate of drug-likeness (QED) is 0.720. The molecule has 3 heterocycles. The van der Waals surface area contributed by atoms with Crippen LogP contribution in [0.25, 0.3) is 0 Å². The summed E-state index contributed by atoms with van der Waals surface area (Å²) >= 11 is 0. The molecule has 3 amide bonds. The van der Waals surface area contributed by atoms with E-state index in [0.29, 0.717) is 24.8 Å². The van der Waals surface area contributed by atoms with Crippen molar-refractivity contribution in [1.82, 2.24) is 15.5 Å². The van der Waals surface area contributed by atoms with E-state index in [2.05, 4.69) is 16.7 Å². The molecule has 1 aromatic carbocycles. The van der Waals surface area contributed by atoms with E-state index in [-0.39, 0.29) is 17.7 Å². The summed E-state index contributed by atoms with van der Waals surface area (Å²) in [5.41, 5.74) is 4.77. The molecule has 1 aromatic rings. The lowest BCUT2D eigenvalue weighted by Gasteiger charge is -2.39. The summed E-state index contributed by atoms with van der Waals surface area (Å²) < 4.78 is 0. The van der Waals surface area contributed by atoms with E-state index in [1.54, 1.807) is 4.90 Å². The first-order valence-corrected chi connectivity index (χ1v) is 8.55. The highest BCUT2D eigenvalue weighted by molar-refractivity contribution is 6.05. The summed E-state index contributed by atoms with van der Waals surface area (Å²) in [6, 6.07) is 3.69. The fourth-order valence-electron chi connectivity index (χ4n) is 4.64. The van der Waals surface area contributed by atoms with E-state index in [9.17, 15) is 14.4 Å². The summed E-state index contributed by atoms with van der Waals surface area (Å²) in [5.74, 6) is -0.673. The number of fused-ring (bicyclic) bond motifs is 2. The number of hydrogen-bond donors (Lipinski definition) is 2. The second-order valence-corrected chi connectivity index (χ2v) is 7.64. The van der Waals surface area contributed by atoms with Gasteiger partial charge in [0.25, 0.3) is 5.91 Å². The number of amides is 3. The van der Waals surface area contributed by atoms with Gasteiger partial charge in [-0.15, -0.1) is 0 Å². The van der Waals surface area contributed by atoms with Gasteiger partial charge in [0, 0.05) is 37.0 Å². The van der Waals surface area contributed by atoms with Crippen LogP contribution >= 0.6 is 0 Å². The van der Waals surface area contributed by atoms with Crippen molar-refractivity contribution < 1.29 is 14.4 Å². The second kappa shape index (κ2) is 4.66. The zero-order chi connectivity index (χ0) is 16.5. The predicted octanol–water partition coefficient (Wildman–Crippen LogP) is 0.136. The molecule has 1 atom stereocenters. The molecule has 0 bridgehead atoms. The van der Waals surface area contributed by atoms with Crippen molar-refractivity contribution >= 4 is 17.7 Å². The molecule has 6 nitrogen and oxygen atoms in total. The minimum absolute atomic E-state index is 0.0741. The number of carbonyl (C=O) groups is 3. The van der Waals surface area contributed by atoms with Gasteiger partial charge in [-0.25, -0.2) is 0 Å². The summed E-state index contributed by atoms with van der Waals surface area (Å²) in [4.78, 5) is 37.9. The minimum atomic E-state index is -0.528. The smallest absolute Gasteiger partial charge is 0.255 e. The van der Waals surface area contributed by atoms with E-state index < -0.39 is 6.04 Å². The van der Waals surface area contributed by atoms with E-state index in [1.165, 1.54) is 11.1 Å². The SMILES string of the molecule is O=C1CC[C@@H](N2Cc3cc4c(cc3C2=O)CC2(CNC2)C4)C(=O)N1. The molecular formula is C18H19N3O3. The van der Waals surface area contributed by atoms with Crippen molar-refractivity contribution in [3.8, 4) is 0 Å². The molecular weight excluding hydrogens is 306 g/mol. The average molecular weight is 325 g/mol. The third-order valence-corrected chi connectivity index (χ3v) is 5.97. The molecule has 2 fully saturated rings. The van der Waals surface area contributed by atoms with Gasteiger partial charge < -0.3 is 10.2 Å². The maximum Gasteiger partial charge on any atom is 0.255 e. The minimum Gasteiger partial charge on any atom is -0.322 e. The van der Waals surface area contributed by atoms with E-state index >= 15 is 0 Å². The third kappa shape index (κ3) is 1.89. The largest absolute Gasteiger partial charge is 0.322 e. The van der Waals surface area contributed by atoms with Crippen LogP contribution in [0.2, 0.25) is 0 Å². The summed E-state index contributed by atoms with van der Waals surface area (Å²) in [7, 11) is 0. The highest BCUT2D eigenvalue weighted by Gasteiger charge is 2.44. The Hall–Kier alpha value is -2.21. The fourth-order valence-corrected chi connectivity index (χ4v) is 4.64. The molecule has 2 saturated heterocycles. The lowest BCUT2D eigenvalue weighted by atomic mass is 9.79. The molecule has 3 aliphatic heterocycles. The molecule has 4 aliphatic rings. The van der Waals surface area contributed by atoms with Crippen LogP contribution < -0.4 is 10.6 Å². The zero-order valence-corrected chi connectivity index (χ0v) is 13.4. The number of hydrogen-bond acceptors (Lipinski definition) is 4. The number of nitrogens with one attached hydrogen (secondary N) is 2. The summed E-state index contributed by atoms with van der Waals surface area (Å²) in [5, 5.41) is 5.70. The Labute approximate surface area is 139 Å². The lowest BCUT2D eigenvalue weighted by Crippen LogP contribution is -2.54. The molecule has 0 aromatic heterocycles. The van der Waals surface area contributed by atoms with Gasteiger partial charge in [-0.1, -0.05) is 6.07 Å². The Morgan fingerprint density at radius 1 is 1.04 bits per heavy atom. The van der Waals surface area contributed by atoms with Crippen molar-refractivity contribution in [2.75, 3.05) is 13.1 Å². The topological polar surface area (TPSA) is 78.5 Å². The standard InChI is InChI=1S/C18H19N3O3/c22-15-2-1-14(16(23)20-15)21-7-12-3-10-5-18(8-19-9-18)6-11(10)4-13(12)17(21)24/h3-4,14,19H,1-2,5-9H2,(H,20,22,23)/t14-/m1/s1. The molecule has 2 N–H and O–H groups in total. The van der Waals surface area contributed by atoms with Crippen LogP contribution in [0.5, 0.6) is 0 Å². The highest BCUT2D eigenvalue weighted by atomic mass is 16.2. The van der Waals surface area contributed by atoms with Gasteiger partial charge in [0.2, 0.25) is 11.8 Å². The first kappa shape index (κ1) is 14.2. The second-order valence-electron chi connectivity index (χ2n) is 7.64. The summed E-state index contributed by atoms with van der Waals surface area (Å²) in [6.45, 7) is 2.59. The van der Waals surface area contributed by atoms with Crippen LogP contribution in [0, 0.1) is 5.41 Å². The average Bonchev–Trinajstić information content (AvgIpc) is 3.04. The van der Waals surface area contributed by atoms with Gasteiger partial charge in [-0.05, 0) is 42.0 Å². The number of rotatable bonds is 1. The number of imide groups is 1. The zero-order valence-electron chi connectivity index (χ0n) is 13.4. The van der Waals surface area contributed by atoms with Crippen LogP contribution in [-0.2, 0) is 29.0 Å². The van der Waals surface area contributed by atoms with Crippen molar-refractivity contribution in [2.24, 2.45) is 5.41 Å². The van der Waals surface area contributed by atoms with Gasteiger partial charge >= 0.3 is 0 Å². The Balaban J connectivity index is 1.43. The monoisotopic (exact) mass is 325 g/mol. The molecule has 24 heavy (non-hydrogen) atoms. The van der Waals surface area contributed by atoms with Crippen molar-refractivity contribution in [1.29, 1.82) is 0 Å². The lowest BCUT2D eigenvalue weighted by molar-refractivity contribution is -0.136. The number of piperidine rings is 1. The Bertz CT molecular complexity index is 797. The van der Waals surface area contributed by atoms with Crippen LogP contribution in [0.15, 0.2) is 12.1 Å². The first-order valence-electron chi connectivity index (χ1n) is 8.55. The molecule has 0 radical (unpaired) electrons. The Morgan fingerprint density at radius 2 is 1.79 bits per heavy atom. The van der Waals surface area contributed by atoms with Crippen molar-refractivity contribution in [3.63, 3.8) is 0 Å². The molecule has 1 aliphatic carbocycles. The maximum absolute atomic E-state index is 12.8. The Kier molecular flexibility index (Phi) is 2.75. The van der Waals surface area contributed by atoms with Gasteiger partial charge in [-0.3, -0.25) is 19.7 Å². The van der Waals surface area contributed by atoms with Crippen LogP contribution in [0.4, 0.5) is 0 Å². The molecule has 0 unspecified atom stereocenters. The van der Waals surface area contributed by atoms with Gasteiger partial charge in [-0.2, -0.15) is 0 Å². The highest BCUT2D eigenvalue weighted by Crippen LogP contribution is 2.42. The Morgan fingerprint density at radius 3 is 2.46 bits per heavy atom. The van der Waals surface area contributed by atoms with Crippen LogP contribution in [-0.4, -0.2) is 41.8 Å². The first-order chi connectivity index (χ1) is 11.5. The van der Waals surface area contributed by atoms with Crippen LogP contribution in [0.3, 0.4) is 0 Å². The molecule has 0 saturated carbocycles. The molecule has 5 rings (SSSR count). The van der Waals surface area contributed by atoms with E-state index in [1.807, 2.05) is 6.07 Å². The maximum atomic E-state index is 12.8. The molecule has 1 spiro atoms. The van der Waals surface area contributed by atoms with E-state index in [4.69, 9.17) is 0 Å². The third-order valence-electron chi connectivity index (χ3n) is 5.97. The van der Waals surface area contributed by atoms with Crippen molar-refractivity contribution in [3.05, 3.63) is 34.4 Å². The molecule has 124 valence electrons. The van der Waals surface area contributed by atoms with Crippen molar-refractivity contribution in [2.45, 2.75) is 38.3 Å². The molecule has 6 heteroatoms. The number of benzene rings is 1.